The van der Waals surface area contributed by atoms with Crippen LogP contribution in [0.2, 0.25) is 24.2 Å². The summed E-state index contributed by atoms with van der Waals surface area (Å²) in [7, 11) is -0.316. The molecule has 100 valence electrons. The van der Waals surface area contributed by atoms with E-state index in [4.69, 9.17) is 0 Å². The number of rotatable bonds is 4. The van der Waals surface area contributed by atoms with Gasteiger partial charge in [0.25, 0.3) is 0 Å². The van der Waals surface area contributed by atoms with Gasteiger partial charge in [-0.15, -0.1) is 0 Å². The van der Waals surface area contributed by atoms with Gasteiger partial charge in [-0.25, -0.2) is 0 Å². The molecule has 1 aromatic carbocycles. The Balaban J connectivity index is 2.71. The van der Waals surface area contributed by atoms with E-state index in [0.717, 1.165) is 0 Å². The number of hydrogen-bond acceptors (Lipinski definition) is 1. The largest absolute Gasteiger partial charge is 0.341 e. The van der Waals surface area contributed by atoms with Crippen LogP contribution in [0.1, 0.15) is 27.7 Å². The SMILES string of the molecule is CC[Si]1(CC)c2ccccc2[Si](CC)(CC)N1C. The highest BCUT2D eigenvalue weighted by atomic mass is 28.4. The Morgan fingerprint density at radius 3 is 1.39 bits per heavy atom. The first kappa shape index (κ1) is 14.0. The van der Waals surface area contributed by atoms with Crippen LogP contribution in [0, 0.1) is 0 Å². The molecule has 0 aliphatic carbocycles. The Bertz CT molecular complexity index is 383. The normalized spacial score (nSPS) is 20.9. The zero-order valence-corrected chi connectivity index (χ0v) is 14.6. The lowest BCUT2D eigenvalue weighted by atomic mass is 10.4. The Labute approximate surface area is 114 Å². The highest BCUT2D eigenvalue weighted by molar-refractivity contribution is 7.12. The van der Waals surface area contributed by atoms with Crippen LogP contribution in [0.25, 0.3) is 0 Å². The molecule has 1 heterocycles. The monoisotopic (exact) mass is 277 g/mol. The van der Waals surface area contributed by atoms with Gasteiger partial charge >= 0.3 is 0 Å². The molecule has 0 unspecified atom stereocenters. The molecule has 1 nitrogen and oxygen atoms in total. The van der Waals surface area contributed by atoms with Crippen molar-refractivity contribution in [3.8, 4) is 0 Å². The molecule has 0 atom stereocenters. The number of benzene rings is 1. The van der Waals surface area contributed by atoms with Crippen molar-refractivity contribution in [1.82, 2.24) is 4.23 Å². The van der Waals surface area contributed by atoms with Crippen molar-refractivity contribution in [3.63, 3.8) is 0 Å². The first-order valence-electron chi connectivity index (χ1n) is 7.46. The second-order valence-electron chi connectivity index (χ2n) is 5.58. The molecular weight excluding hydrogens is 250 g/mol. The minimum atomic E-state index is -1.39. The summed E-state index contributed by atoms with van der Waals surface area (Å²) >= 11 is 0. The number of hydrogen-bond donors (Lipinski definition) is 0. The zero-order chi connectivity index (χ0) is 13.4. The summed E-state index contributed by atoms with van der Waals surface area (Å²) in [6.07, 6.45) is 0. The molecule has 1 aliphatic heterocycles. The van der Waals surface area contributed by atoms with Crippen LogP contribution in [0.4, 0.5) is 0 Å². The van der Waals surface area contributed by atoms with Crippen LogP contribution in [0.3, 0.4) is 0 Å². The van der Waals surface area contributed by atoms with Gasteiger partial charge in [0.15, 0.2) is 16.5 Å². The van der Waals surface area contributed by atoms with E-state index in [1.54, 1.807) is 10.4 Å². The van der Waals surface area contributed by atoms with E-state index in [1.807, 2.05) is 0 Å². The Kier molecular flexibility index (Phi) is 3.86. The lowest BCUT2D eigenvalue weighted by Crippen LogP contribution is -2.62. The average molecular weight is 278 g/mol. The average Bonchev–Trinajstić information content (AvgIpc) is 2.65. The highest BCUT2D eigenvalue weighted by Gasteiger charge is 2.55. The molecule has 0 saturated carbocycles. The maximum atomic E-state index is 2.95. The van der Waals surface area contributed by atoms with Crippen LogP contribution in [0.5, 0.6) is 0 Å². The predicted molar refractivity (Wildman–Crippen MR) is 86.9 cm³/mol. The molecular formula is C15H27NSi2. The molecule has 0 amide bonds. The standard InChI is InChI=1S/C15H27NSi2/c1-6-17(7-2)14-12-10-11-13-15(14)18(8-3,9-4)16(17)5/h10-13H,6-9H2,1-5H3. The van der Waals surface area contributed by atoms with Gasteiger partial charge in [0.1, 0.15) is 0 Å². The molecule has 3 heteroatoms. The van der Waals surface area contributed by atoms with E-state index in [1.165, 1.54) is 24.2 Å². The highest BCUT2D eigenvalue weighted by Crippen LogP contribution is 2.34. The van der Waals surface area contributed by atoms with E-state index >= 15 is 0 Å². The van der Waals surface area contributed by atoms with Gasteiger partial charge in [-0.3, -0.25) is 0 Å². The molecule has 2 rings (SSSR count). The molecule has 1 aliphatic rings. The Morgan fingerprint density at radius 2 is 1.11 bits per heavy atom. The van der Waals surface area contributed by atoms with Gasteiger partial charge in [0, 0.05) is 0 Å². The van der Waals surface area contributed by atoms with E-state index in [9.17, 15) is 0 Å². The molecule has 0 fully saturated rings. The Morgan fingerprint density at radius 1 is 0.778 bits per heavy atom. The first-order chi connectivity index (χ1) is 8.62. The van der Waals surface area contributed by atoms with Crippen molar-refractivity contribution in [3.05, 3.63) is 24.3 Å². The van der Waals surface area contributed by atoms with E-state index < -0.39 is 16.5 Å². The van der Waals surface area contributed by atoms with Crippen molar-refractivity contribution in [2.45, 2.75) is 51.9 Å². The summed E-state index contributed by atoms with van der Waals surface area (Å²) in [4.78, 5) is 0. The molecule has 0 N–H and O–H groups in total. The molecule has 0 bridgehead atoms. The fourth-order valence-electron chi connectivity index (χ4n) is 4.28. The predicted octanol–water partition coefficient (Wildman–Crippen LogP) is 3.02. The van der Waals surface area contributed by atoms with Crippen LogP contribution < -0.4 is 10.4 Å². The number of nitrogens with zero attached hydrogens (tertiary/aromatic N) is 1. The fraction of sp³-hybridized carbons (Fsp3) is 0.600. The van der Waals surface area contributed by atoms with E-state index in [-0.39, 0.29) is 0 Å². The summed E-state index contributed by atoms with van der Waals surface area (Å²) in [6, 6.07) is 14.9. The summed E-state index contributed by atoms with van der Waals surface area (Å²) < 4.78 is 2.95. The minimum Gasteiger partial charge on any atom is -0.341 e. The number of fused-ring (bicyclic) bond motifs is 1. The minimum absolute atomic E-state index is 1.37. The van der Waals surface area contributed by atoms with Crippen LogP contribution in [0.15, 0.2) is 24.3 Å². The maximum Gasteiger partial charge on any atom is 0.153 e. The lowest BCUT2D eigenvalue weighted by molar-refractivity contribution is 0.740. The van der Waals surface area contributed by atoms with Gasteiger partial charge in [-0.2, -0.15) is 0 Å². The van der Waals surface area contributed by atoms with Crippen LogP contribution in [-0.4, -0.2) is 27.7 Å². The quantitative estimate of drug-likeness (QED) is 0.765. The molecule has 1 aromatic rings. The van der Waals surface area contributed by atoms with Gasteiger partial charge in [0.2, 0.25) is 0 Å². The van der Waals surface area contributed by atoms with Gasteiger partial charge in [0.05, 0.1) is 0 Å². The summed E-state index contributed by atoms with van der Waals surface area (Å²) in [5, 5.41) is 3.54. The van der Waals surface area contributed by atoms with Crippen molar-refractivity contribution >= 4 is 26.8 Å². The molecule has 0 saturated heterocycles. The zero-order valence-electron chi connectivity index (χ0n) is 12.6. The summed E-state index contributed by atoms with van der Waals surface area (Å²) in [6.45, 7) is 9.66. The summed E-state index contributed by atoms with van der Waals surface area (Å²) in [5.74, 6) is 0. The van der Waals surface area contributed by atoms with Gasteiger partial charge < -0.3 is 4.23 Å². The first-order valence-corrected chi connectivity index (χ1v) is 12.2. The third-order valence-corrected chi connectivity index (χ3v) is 18.5. The van der Waals surface area contributed by atoms with Gasteiger partial charge in [-0.05, 0) is 41.6 Å². The van der Waals surface area contributed by atoms with Crippen molar-refractivity contribution < 1.29 is 0 Å². The smallest absolute Gasteiger partial charge is 0.153 e. The summed E-state index contributed by atoms with van der Waals surface area (Å²) in [5.41, 5.74) is 0. The van der Waals surface area contributed by atoms with Crippen LogP contribution >= 0.6 is 0 Å². The van der Waals surface area contributed by atoms with Gasteiger partial charge in [-0.1, -0.05) is 52.0 Å². The molecule has 0 aromatic heterocycles. The van der Waals surface area contributed by atoms with Crippen LogP contribution in [-0.2, 0) is 0 Å². The fourth-order valence-corrected chi connectivity index (χ4v) is 18.7. The Hall–Kier alpha value is -0.386. The van der Waals surface area contributed by atoms with Crippen molar-refractivity contribution in [1.29, 1.82) is 0 Å². The molecule has 0 spiro atoms. The topological polar surface area (TPSA) is 3.24 Å². The maximum absolute atomic E-state index is 2.95. The second-order valence-corrected chi connectivity index (χ2v) is 15.4. The third kappa shape index (κ3) is 1.53. The van der Waals surface area contributed by atoms with Crippen molar-refractivity contribution in [2.24, 2.45) is 0 Å². The van der Waals surface area contributed by atoms with E-state index in [0.29, 0.717) is 0 Å². The second kappa shape index (κ2) is 4.95. The van der Waals surface area contributed by atoms with Crippen molar-refractivity contribution in [2.75, 3.05) is 7.05 Å². The molecule has 18 heavy (non-hydrogen) atoms. The molecule has 0 radical (unpaired) electrons. The third-order valence-electron chi connectivity index (χ3n) is 5.55. The van der Waals surface area contributed by atoms with E-state index in [2.05, 4.69) is 63.2 Å². The lowest BCUT2D eigenvalue weighted by Gasteiger charge is -2.42.